The number of sulfone groups is 1. The Morgan fingerprint density at radius 1 is 1.04 bits per heavy atom. The molecule has 0 aliphatic rings. The lowest BCUT2D eigenvalue weighted by atomic mass is 10.2. The number of nitrogens with zero attached hydrogens (tertiary/aromatic N) is 2. The first kappa shape index (κ1) is 16.0. The average Bonchev–Trinajstić information content (AvgIpc) is 2.58. The van der Waals surface area contributed by atoms with Crippen molar-refractivity contribution in [2.75, 3.05) is 0 Å². The fourth-order valence-corrected chi connectivity index (χ4v) is 3.91. The summed E-state index contributed by atoms with van der Waals surface area (Å²) in [7, 11) is -1.86. The number of rotatable bonds is 3. The fourth-order valence-electron chi connectivity index (χ4n) is 2.53. The lowest BCUT2D eigenvalue weighted by molar-refractivity contribution is 0.595. The van der Waals surface area contributed by atoms with Gasteiger partial charge in [-0.3, -0.25) is 4.79 Å². The maximum atomic E-state index is 12.6. The van der Waals surface area contributed by atoms with E-state index in [1.807, 2.05) is 0 Å². The van der Waals surface area contributed by atoms with E-state index in [-0.39, 0.29) is 16.2 Å². The van der Waals surface area contributed by atoms with Crippen molar-refractivity contribution in [3.63, 3.8) is 0 Å². The Hall–Kier alpha value is -2.91. The summed E-state index contributed by atoms with van der Waals surface area (Å²) >= 11 is 0. The van der Waals surface area contributed by atoms with Crippen LogP contribution in [0.15, 0.2) is 64.3 Å². The topological polar surface area (TPSA) is 60.5 Å². The molecule has 6 heteroatoms. The molecule has 0 amide bonds. The van der Waals surface area contributed by atoms with E-state index in [0.29, 0.717) is 22.2 Å². The van der Waals surface area contributed by atoms with Crippen molar-refractivity contribution >= 4 is 26.4 Å². The van der Waals surface area contributed by atoms with Gasteiger partial charge in [-0.2, -0.15) is 0 Å². The van der Waals surface area contributed by atoms with Gasteiger partial charge in [-0.25, -0.2) is 13.3 Å². The van der Waals surface area contributed by atoms with Gasteiger partial charge in [0.05, 0.1) is 22.7 Å². The second-order valence-corrected chi connectivity index (χ2v) is 7.48. The number of hydrogen-bond donors (Lipinski definition) is 0. The van der Waals surface area contributed by atoms with Crippen LogP contribution in [0.4, 0.5) is 5.69 Å². The Bertz CT molecular complexity index is 1120. The average molecular weight is 338 g/mol. The molecule has 1 aromatic heterocycles. The zero-order chi connectivity index (χ0) is 17.3. The maximum absolute atomic E-state index is 12.6. The minimum atomic E-state index is -3.51. The molecule has 5 nitrogen and oxygen atoms in total. The zero-order valence-electron chi connectivity index (χ0n) is 12.9. The Labute approximate surface area is 139 Å². The van der Waals surface area contributed by atoms with Crippen molar-refractivity contribution in [1.82, 2.24) is 4.57 Å². The molecule has 0 saturated heterocycles. The summed E-state index contributed by atoms with van der Waals surface area (Å²) in [5.74, 6) is -0.136. The first-order valence-electron chi connectivity index (χ1n) is 7.20. The molecule has 0 N–H and O–H groups in total. The summed E-state index contributed by atoms with van der Waals surface area (Å²) < 4.78 is 26.7. The molecule has 0 bridgehead atoms. The van der Waals surface area contributed by atoms with E-state index < -0.39 is 9.84 Å². The van der Waals surface area contributed by atoms with Crippen LogP contribution >= 0.6 is 0 Å². The molecule has 0 aliphatic heterocycles. The van der Waals surface area contributed by atoms with Crippen LogP contribution in [0.1, 0.15) is 5.56 Å². The number of benzene rings is 2. The van der Waals surface area contributed by atoms with Crippen molar-refractivity contribution in [3.8, 4) is 0 Å². The van der Waals surface area contributed by atoms with E-state index in [4.69, 9.17) is 6.57 Å². The van der Waals surface area contributed by atoms with Crippen LogP contribution < -0.4 is 5.56 Å². The van der Waals surface area contributed by atoms with Gasteiger partial charge in [-0.15, -0.1) is 0 Å². The number of fused-ring (bicyclic) bond motifs is 1. The molecule has 0 radical (unpaired) electrons. The minimum Gasteiger partial charge on any atom is -0.311 e. The molecule has 24 heavy (non-hydrogen) atoms. The summed E-state index contributed by atoms with van der Waals surface area (Å²) in [5, 5.41) is 0.696. The summed E-state index contributed by atoms with van der Waals surface area (Å²) in [5.41, 5.74) is 1.64. The Balaban J connectivity index is 2.00. The highest BCUT2D eigenvalue weighted by Gasteiger charge is 2.16. The van der Waals surface area contributed by atoms with Gasteiger partial charge in [0.25, 0.3) is 5.56 Å². The molecule has 0 aliphatic carbocycles. The third-order valence-electron chi connectivity index (χ3n) is 3.88. The largest absolute Gasteiger partial charge is 0.311 e. The zero-order valence-corrected chi connectivity index (χ0v) is 13.7. The summed E-state index contributed by atoms with van der Waals surface area (Å²) in [6, 6.07) is 14.3. The van der Waals surface area contributed by atoms with Crippen molar-refractivity contribution in [1.29, 1.82) is 0 Å². The van der Waals surface area contributed by atoms with Gasteiger partial charge in [0, 0.05) is 13.1 Å². The Kier molecular flexibility index (Phi) is 3.96. The predicted molar refractivity (Wildman–Crippen MR) is 92.8 cm³/mol. The molecule has 2 aromatic carbocycles. The third kappa shape index (κ3) is 2.94. The Morgan fingerprint density at radius 3 is 2.42 bits per heavy atom. The number of aromatic nitrogens is 1. The van der Waals surface area contributed by atoms with E-state index in [1.54, 1.807) is 49.5 Å². The normalized spacial score (nSPS) is 11.3. The number of pyridine rings is 1. The van der Waals surface area contributed by atoms with Crippen molar-refractivity contribution < 1.29 is 8.42 Å². The summed E-state index contributed by atoms with van der Waals surface area (Å²) in [4.78, 5) is 15.1. The fraction of sp³-hybridized carbons (Fsp3) is 0.111. The van der Waals surface area contributed by atoms with Crippen molar-refractivity contribution in [3.05, 3.63) is 81.9 Å². The lowest BCUT2D eigenvalue weighted by Crippen LogP contribution is -2.15. The van der Waals surface area contributed by atoms with Crippen molar-refractivity contribution in [2.45, 2.75) is 10.6 Å². The number of aryl methyl sites for hydroxylation is 1. The smallest absolute Gasteiger partial charge is 0.250 e. The molecular weight excluding hydrogens is 324 g/mol. The monoisotopic (exact) mass is 338 g/mol. The Morgan fingerprint density at radius 2 is 1.75 bits per heavy atom. The van der Waals surface area contributed by atoms with Crippen LogP contribution in [-0.4, -0.2) is 13.0 Å². The van der Waals surface area contributed by atoms with Crippen LogP contribution in [-0.2, 0) is 22.6 Å². The molecule has 0 saturated carbocycles. The van der Waals surface area contributed by atoms with Crippen LogP contribution in [0.3, 0.4) is 0 Å². The van der Waals surface area contributed by atoms with E-state index in [0.717, 1.165) is 0 Å². The van der Waals surface area contributed by atoms with Crippen LogP contribution in [0.25, 0.3) is 15.7 Å². The van der Waals surface area contributed by atoms with Gasteiger partial charge in [0.1, 0.15) is 0 Å². The van der Waals surface area contributed by atoms with E-state index in [2.05, 4.69) is 4.85 Å². The van der Waals surface area contributed by atoms with Crippen LogP contribution in [0.5, 0.6) is 0 Å². The lowest BCUT2D eigenvalue weighted by Gasteiger charge is -2.08. The molecule has 0 unspecified atom stereocenters. The minimum absolute atomic E-state index is 0.136. The molecular formula is C18H14N2O3S. The van der Waals surface area contributed by atoms with Crippen molar-refractivity contribution in [2.24, 2.45) is 7.05 Å². The van der Waals surface area contributed by atoms with E-state index >= 15 is 0 Å². The van der Waals surface area contributed by atoms with Gasteiger partial charge in [-0.1, -0.05) is 24.3 Å². The highest BCUT2D eigenvalue weighted by atomic mass is 32.2. The second-order valence-electron chi connectivity index (χ2n) is 5.49. The molecule has 0 spiro atoms. The predicted octanol–water partition coefficient (Wildman–Crippen LogP) is 3.06. The van der Waals surface area contributed by atoms with Gasteiger partial charge in [0.2, 0.25) is 0 Å². The van der Waals surface area contributed by atoms with Crippen LogP contribution in [0.2, 0.25) is 0 Å². The molecule has 0 atom stereocenters. The van der Waals surface area contributed by atoms with E-state index in [9.17, 15) is 13.2 Å². The molecule has 0 fully saturated rings. The van der Waals surface area contributed by atoms with Gasteiger partial charge in [-0.05, 0) is 35.2 Å². The van der Waals surface area contributed by atoms with Gasteiger partial charge < -0.3 is 4.57 Å². The maximum Gasteiger partial charge on any atom is 0.250 e. The molecule has 120 valence electrons. The quantitative estimate of drug-likeness (QED) is 0.690. The van der Waals surface area contributed by atoms with Crippen LogP contribution in [0, 0.1) is 6.57 Å². The highest BCUT2D eigenvalue weighted by molar-refractivity contribution is 7.90. The molecule has 1 heterocycles. The third-order valence-corrected chi connectivity index (χ3v) is 5.56. The first-order valence-corrected chi connectivity index (χ1v) is 8.85. The summed E-state index contributed by atoms with van der Waals surface area (Å²) in [6.07, 6.45) is 0. The number of hydrogen-bond acceptors (Lipinski definition) is 3. The molecule has 3 rings (SSSR count). The van der Waals surface area contributed by atoms with Gasteiger partial charge >= 0.3 is 0 Å². The SMILES string of the molecule is [C-]#[N+]c1ccc(CS(=O)(=O)c2ccc3c(ccc(=O)n3C)c2)cc1. The molecule has 3 aromatic rings. The highest BCUT2D eigenvalue weighted by Crippen LogP contribution is 2.22. The standard InChI is InChI=1S/C18H14N2O3S/c1-19-15-6-3-13(4-7-15)12-24(22,23)16-8-9-17-14(11-16)5-10-18(21)20(17)2/h3-11H,12H2,2H3. The summed E-state index contributed by atoms with van der Waals surface area (Å²) in [6.45, 7) is 6.92. The van der Waals surface area contributed by atoms with Gasteiger partial charge in [0.15, 0.2) is 15.5 Å². The van der Waals surface area contributed by atoms with E-state index in [1.165, 1.54) is 16.7 Å². The second kappa shape index (κ2) is 5.95. The first-order chi connectivity index (χ1) is 11.4.